The van der Waals surface area contributed by atoms with Crippen molar-refractivity contribution in [3.63, 3.8) is 0 Å². The summed E-state index contributed by atoms with van der Waals surface area (Å²) in [6.07, 6.45) is 0.991. The van der Waals surface area contributed by atoms with Crippen LogP contribution < -0.4 is 14.8 Å². The van der Waals surface area contributed by atoms with Crippen LogP contribution in [0.2, 0.25) is 0 Å². The Morgan fingerprint density at radius 2 is 2.05 bits per heavy atom. The van der Waals surface area contributed by atoms with E-state index in [9.17, 15) is 4.79 Å². The number of hydrogen-bond donors (Lipinski definition) is 1. The van der Waals surface area contributed by atoms with Crippen LogP contribution in [-0.4, -0.2) is 24.3 Å². The molecule has 2 aromatic rings. The fraction of sp³-hybridized carbons (Fsp3) is 0.333. The highest BCUT2D eigenvalue weighted by Gasteiger charge is 2.12. The van der Waals surface area contributed by atoms with Gasteiger partial charge in [-0.15, -0.1) is 0 Å². The molecule has 110 valence electrons. The van der Waals surface area contributed by atoms with Crippen LogP contribution in [0.25, 0.3) is 0 Å². The van der Waals surface area contributed by atoms with Crippen LogP contribution in [0, 0.1) is 6.92 Å². The van der Waals surface area contributed by atoms with Gasteiger partial charge in [-0.3, -0.25) is 4.79 Å². The summed E-state index contributed by atoms with van der Waals surface area (Å²) in [5.74, 6) is 2.51. The van der Waals surface area contributed by atoms with Gasteiger partial charge in [0, 0.05) is 12.5 Å². The maximum atomic E-state index is 11.8. The number of carbonyl (C=O) groups is 1. The molecule has 6 nitrogen and oxygen atoms in total. The molecule has 21 heavy (non-hydrogen) atoms. The molecule has 0 bridgehead atoms. The molecular weight excluding hydrogens is 272 g/mol. The van der Waals surface area contributed by atoms with E-state index < -0.39 is 0 Å². The summed E-state index contributed by atoms with van der Waals surface area (Å²) < 4.78 is 15.9. The number of aryl methyl sites for hydroxylation is 2. The Bertz CT molecular complexity index is 651. The number of benzene rings is 1. The minimum Gasteiger partial charge on any atom is -0.486 e. The Balaban J connectivity index is 1.56. The molecule has 0 atom stereocenters. The molecule has 0 fully saturated rings. The Kier molecular flexibility index (Phi) is 3.77. The minimum absolute atomic E-state index is 0.0989. The van der Waals surface area contributed by atoms with Gasteiger partial charge in [-0.25, -0.2) is 0 Å². The molecule has 0 radical (unpaired) electrons. The van der Waals surface area contributed by atoms with Crippen LogP contribution in [0.3, 0.4) is 0 Å². The second kappa shape index (κ2) is 5.87. The largest absolute Gasteiger partial charge is 0.486 e. The molecule has 0 saturated carbocycles. The predicted molar refractivity (Wildman–Crippen MR) is 75.6 cm³/mol. The third kappa shape index (κ3) is 3.34. The van der Waals surface area contributed by atoms with E-state index in [4.69, 9.17) is 14.0 Å². The smallest absolute Gasteiger partial charge is 0.225 e. The highest BCUT2D eigenvalue weighted by molar-refractivity contribution is 5.89. The van der Waals surface area contributed by atoms with E-state index in [0.717, 1.165) is 17.1 Å². The maximum Gasteiger partial charge on any atom is 0.225 e. The highest BCUT2D eigenvalue weighted by atomic mass is 16.6. The van der Waals surface area contributed by atoms with Crippen LogP contribution in [0.15, 0.2) is 28.8 Å². The topological polar surface area (TPSA) is 73.6 Å². The summed E-state index contributed by atoms with van der Waals surface area (Å²) in [6, 6.07) is 7.42. The molecule has 2 heterocycles. The lowest BCUT2D eigenvalue weighted by Crippen LogP contribution is -2.15. The first-order chi connectivity index (χ1) is 10.2. The number of carbonyl (C=O) groups excluding carboxylic acids is 1. The Morgan fingerprint density at radius 1 is 1.24 bits per heavy atom. The number of hydrogen-bond acceptors (Lipinski definition) is 5. The number of nitrogens with zero attached hydrogens (tertiary/aromatic N) is 1. The van der Waals surface area contributed by atoms with Crippen molar-refractivity contribution in [2.24, 2.45) is 0 Å². The maximum absolute atomic E-state index is 11.8. The standard InChI is InChI=1S/C15H16N2O4/c1-10-8-14(17-21-10)16-15(18)5-3-11-2-4-12-13(9-11)20-7-6-19-12/h2,4,8-9H,3,5-7H2,1H3,(H,16,17,18). The summed E-state index contributed by atoms with van der Waals surface area (Å²) in [5, 5.41) is 6.42. The second-order valence-electron chi connectivity index (χ2n) is 4.85. The number of aromatic nitrogens is 1. The lowest BCUT2D eigenvalue weighted by Gasteiger charge is -2.18. The van der Waals surface area contributed by atoms with Gasteiger partial charge in [0.15, 0.2) is 17.3 Å². The average Bonchev–Trinajstić information content (AvgIpc) is 2.90. The van der Waals surface area contributed by atoms with Crippen molar-refractivity contribution in [1.29, 1.82) is 0 Å². The van der Waals surface area contributed by atoms with Gasteiger partial charge in [-0.1, -0.05) is 11.2 Å². The van der Waals surface area contributed by atoms with Crippen molar-refractivity contribution in [1.82, 2.24) is 5.16 Å². The lowest BCUT2D eigenvalue weighted by atomic mass is 10.1. The summed E-state index contributed by atoms with van der Waals surface area (Å²) in [5.41, 5.74) is 1.03. The molecule has 6 heteroatoms. The molecule has 0 unspecified atom stereocenters. The number of fused-ring (bicyclic) bond motifs is 1. The van der Waals surface area contributed by atoms with Crippen molar-refractivity contribution < 1.29 is 18.8 Å². The number of amides is 1. The second-order valence-corrected chi connectivity index (χ2v) is 4.85. The molecule has 1 aliphatic heterocycles. The van der Waals surface area contributed by atoms with E-state index in [1.807, 2.05) is 18.2 Å². The Hall–Kier alpha value is -2.50. The fourth-order valence-electron chi connectivity index (χ4n) is 2.13. The van der Waals surface area contributed by atoms with Gasteiger partial charge in [0.2, 0.25) is 5.91 Å². The average molecular weight is 288 g/mol. The van der Waals surface area contributed by atoms with Crippen LogP contribution in [0.4, 0.5) is 5.82 Å². The molecule has 3 rings (SSSR count). The van der Waals surface area contributed by atoms with Crippen molar-refractivity contribution in [3.05, 3.63) is 35.6 Å². The van der Waals surface area contributed by atoms with Crippen LogP contribution in [0.5, 0.6) is 11.5 Å². The van der Waals surface area contributed by atoms with Crippen molar-refractivity contribution in [3.8, 4) is 11.5 Å². The molecule has 1 aromatic heterocycles. The molecule has 1 N–H and O–H groups in total. The Morgan fingerprint density at radius 3 is 2.81 bits per heavy atom. The summed E-state index contributed by atoms with van der Waals surface area (Å²) in [6.45, 7) is 2.91. The van der Waals surface area contributed by atoms with Crippen LogP contribution in [0.1, 0.15) is 17.7 Å². The van der Waals surface area contributed by atoms with Crippen molar-refractivity contribution in [2.75, 3.05) is 18.5 Å². The third-order valence-corrected chi connectivity index (χ3v) is 3.14. The molecular formula is C15H16N2O4. The normalized spacial score (nSPS) is 13.0. The fourth-order valence-corrected chi connectivity index (χ4v) is 2.13. The van der Waals surface area contributed by atoms with Gasteiger partial charge in [-0.2, -0.15) is 0 Å². The van der Waals surface area contributed by atoms with E-state index in [-0.39, 0.29) is 5.91 Å². The third-order valence-electron chi connectivity index (χ3n) is 3.14. The molecule has 0 spiro atoms. The van der Waals surface area contributed by atoms with Gasteiger partial charge in [0.25, 0.3) is 0 Å². The zero-order valence-corrected chi connectivity index (χ0v) is 11.7. The quantitative estimate of drug-likeness (QED) is 0.934. The highest BCUT2D eigenvalue weighted by Crippen LogP contribution is 2.31. The zero-order chi connectivity index (χ0) is 14.7. The van der Waals surface area contributed by atoms with Gasteiger partial charge in [0.05, 0.1) is 0 Å². The first-order valence-electron chi connectivity index (χ1n) is 6.82. The van der Waals surface area contributed by atoms with Crippen LogP contribution >= 0.6 is 0 Å². The van der Waals surface area contributed by atoms with E-state index in [0.29, 0.717) is 37.6 Å². The van der Waals surface area contributed by atoms with Crippen molar-refractivity contribution in [2.45, 2.75) is 19.8 Å². The monoisotopic (exact) mass is 288 g/mol. The number of ether oxygens (including phenoxy) is 2. The van der Waals surface area contributed by atoms with Gasteiger partial charge in [0.1, 0.15) is 19.0 Å². The minimum atomic E-state index is -0.0989. The predicted octanol–water partition coefficient (Wildman–Crippen LogP) is 2.33. The molecule has 0 saturated heterocycles. The molecule has 1 amide bonds. The summed E-state index contributed by atoms with van der Waals surface area (Å²) in [4.78, 5) is 11.8. The van der Waals surface area contributed by atoms with E-state index >= 15 is 0 Å². The molecule has 0 aliphatic carbocycles. The summed E-state index contributed by atoms with van der Waals surface area (Å²) >= 11 is 0. The van der Waals surface area contributed by atoms with E-state index in [2.05, 4.69) is 10.5 Å². The van der Waals surface area contributed by atoms with E-state index in [1.165, 1.54) is 0 Å². The number of nitrogens with one attached hydrogen (secondary N) is 1. The van der Waals surface area contributed by atoms with E-state index in [1.54, 1.807) is 13.0 Å². The number of anilines is 1. The van der Waals surface area contributed by atoms with Gasteiger partial charge >= 0.3 is 0 Å². The Labute approximate surface area is 122 Å². The summed E-state index contributed by atoms with van der Waals surface area (Å²) in [7, 11) is 0. The van der Waals surface area contributed by atoms with Crippen LogP contribution in [-0.2, 0) is 11.2 Å². The van der Waals surface area contributed by atoms with Gasteiger partial charge in [-0.05, 0) is 31.0 Å². The first-order valence-corrected chi connectivity index (χ1v) is 6.82. The number of rotatable bonds is 4. The van der Waals surface area contributed by atoms with Crippen molar-refractivity contribution >= 4 is 11.7 Å². The zero-order valence-electron chi connectivity index (χ0n) is 11.7. The molecule has 1 aromatic carbocycles. The van der Waals surface area contributed by atoms with Gasteiger partial charge < -0.3 is 19.3 Å². The first kappa shape index (κ1) is 13.5. The lowest BCUT2D eigenvalue weighted by molar-refractivity contribution is -0.116. The SMILES string of the molecule is Cc1cc(NC(=O)CCc2ccc3c(c2)OCCO3)no1. The molecule has 1 aliphatic rings.